The van der Waals surface area contributed by atoms with Crippen molar-refractivity contribution in [2.24, 2.45) is 40.4 Å². The van der Waals surface area contributed by atoms with Crippen LogP contribution in [0.25, 0.3) is 0 Å². The quantitative estimate of drug-likeness (QED) is 0.653. The standard InChI is InChI=1S/C24H40O2/c1-15(22(2,3)26)19-8-9-20-18-7-6-16-14-17(25)10-12-23(16,4)21(18)11-13-24(19,20)5/h6,15,17-21,25-26H,7-14H2,1-5H3/t15?,17-,18?,19+,20?,21?,23?,24+/m0/s1. The predicted octanol–water partition coefficient (Wildman–Crippen LogP) is 5.33. The summed E-state index contributed by atoms with van der Waals surface area (Å²) in [6.45, 7) is 11.4. The van der Waals surface area contributed by atoms with Crippen molar-refractivity contribution in [2.45, 2.75) is 97.7 Å². The van der Waals surface area contributed by atoms with Gasteiger partial charge < -0.3 is 10.2 Å². The van der Waals surface area contributed by atoms with Gasteiger partial charge >= 0.3 is 0 Å². The second kappa shape index (κ2) is 6.08. The van der Waals surface area contributed by atoms with Crippen LogP contribution in [-0.2, 0) is 0 Å². The molecule has 4 rings (SSSR count). The molecule has 0 aromatic carbocycles. The maximum Gasteiger partial charge on any atom is 0.0620 e. The maximum absolute atomic E-state index is 10.7. The van der Waals surface area contributed by atoms with Gasteiger partial charge in [0.25, 0.3) is 0 Å². The Balaban J connectivity index is 1.62. The first-order chi connectivity index (χ1) is 12.1. The van der Waals surface area contributed by atoms with E-state index in [-0.39, 0.29) is 6.10 Å². The molecule has 2 nitrogen and oxygen atoms in total. The zero-order valence-corrected chi connectivity index (χ0v) is 17.6. The Bertz CT molecular complexity index is 588. The zero-order valence-electron chi connectivity index (χ0n) is 17.6. The highest BCUT2D eigenvalue weighted by molar-refractivity contribution is 5.25. The average Bonchev–Trinajstić information content (AvgIpc) is 2.91. The van der Waals surface area contributed by atoms with Crippen molar-refractivity contribution in [3.05, 3.63) is 11.6 Å². The molecule has 0 heterocycles. The minimum atomic E-state index is -0.579. The third-order valence-corrected chi connectivity index (χ3v) is 9.87. The van der Waals surface area contributed by atoms with Crippen molar-refractivity contribution in [3.8, 4) is 0 Å². The number of allylic oxidation sites excluding steroid dienone is 1. The molecule has 0 aliphatic heterocycles. The van der Waals surface area contributed by atoms with Crippen LogP contribution in [0.2, 0.25) is 0 Å². The Morgan fingerprint density at radius 3 is 2.50 bits per heavy atom. The lowest BCUT2D eigenvalue weighted by molar-refractivity contribution is -0.0829. The summed E-state index contributed by atoms with van der Waals surface area (Å²) in [5.74, 6) is 3.46. The SMILES string of the molecule is CC([C@H]1CCC2C3CC=C4C[C@@H](O)CCC4(C)C3CC[C@@]21C)C(C)(C)O. The second-order valence-electron chi connectivity index (χ2n) is 11.3. The molecule has 5 unspecified atom stereocenters. The first kappa shape index (κ1) is 19.0. The highest BCUT2D eigenvalue weighted by Gasteiger charge is 2.59. The molecule has 4 aliphatic rings. The van der Waals surface area contributed by atoms with Crippen LogP contribution in [0.3, 0.4) is 0 Å². The van der Waals surface area contributed by atoms with Crippen LogP contribution in [0, 0.1) is 40.4 Å². The predicted molar refractivity (Wildman–Crippen MR) is 107 cm³/mol. The molecule has 0 saturated heterocycles. The van der Waals surface area contributed by atoms with E-state index >= 15 is 0 Å². The van der Waals surface area contributed by atoms with E-state index in [1.807, 2.05) is 13.8 Å². The zero-order chi connectivity index (χ0) is 18.9. The van der Waals surface area contributed by atoms with Crippen LogP contribution < -0.4 is 0 Å². The van der Waals surface area contributed by atoms with E-state index < -0.39 is 5.60 Å². The van der Waals surface area contributed by atoms with Gasteiger partial charge in [0.15, 0.2) is 0 Å². The van der Waals surface area contributed by atoms with Gasteiger partial charge in [0.1, 0.15) is 0 Å². The molecule has 2 heteroatoms. The summed E-state index contributed by atoms with van der Waals surface area (Å²) >= 11 is 0. The average molecular weight is 361 g/mol. The van der Waals surface area contributed by atoms with Crippen molar-refractivity contribution in [1.82, 2.24) is 0 Å². The van der Waals surface area contributed by atoms with Gasteiger partial charge in [0.05, 0.1) is 11.7 Å². The second-order valence-corrected chi connectivity index (χ2v) is 11.3. The lowest BCUT2D eigenvalue weighted by Gasteiger charge is -2.58. The summed E-state index contributed by atoms with van der Waals surface area (Å²) < 4.78 is 0. The van der Waals surface area contributed by atoms with E-state index in [9.17, 15) is 10.2 Å². The fourth-order valence-electron chi connectivity index (χ4n) is 8.00. The molecule has 0 spiro atoms. The smallest absolute Gasteiger partial charge is 0.0620 e. The van der Waals surface area contributed by atoms with Gasteiger partial charge in [-0.3, -0.25) is 0 Å². The van der Waals surface area contributed by atoms with Crippen molar-refractivity contribution in [3.63, 3.8) is 0 Å². The Morgan fingerprint density at radius 2 is 1.81 bits per heavy atom. The molecule has 3 fully saturated rings. The van der Waals surface area contributed by atoms with Gasteiger partial charge in [-0.15, -0.1) is 0 Å². The number of rotatable bonds is 2. The molecule has 0 bridgehead atoms. The monoisotopic (exact) mass is 360 g/mol. The molecular weight excluding hydrogens is 320 g/mol. The summed E-state index contributed by atoms with van der Waals surface area (Å²) in [7, 11) is 0. The third-order valence-electron chi connectivity index (χ3n) is 9.87. The number of fused-ring (bicyclic) bond motifs is 5. The minimum Gasteiger partial charge on any atom is -0.393 e. The van der Waals surface area contributed by atoms with E-state index in [0.717, 1.165) is 30.6 Å². The van der Waals surface area contributed by atoms with E-state index in [4.69, 9.17) is 0 Å². The topological polar surface area (TPSA) is 40.5 Å². The van der Waals surface area contributed by atoms with Crippen LogP contribution >= 0.6 is 0 Å². The first-order valence-electron chi connectivity index (χ1n) is 11.2. The minimum absolute atomic E-state index is 0.108. The van der Waals surface area contributed by atoms with Crippen LogP contribution in [0.15, 0.2) is 11.6 Å². The van der Waals surface area contributed by atoms with Gasteiger partial charge in [0.2, 0.25) is 0 Å². The van der Waals surface area contributed by atoms with Gasteiger partial charge in [-0.05, 0) is 106 Å². The normalized spacial score (nSPS) is 49.7. The highest BCUT2D eigenvalue weighted by Crippen LogP contribution is 2.67. The molecule has 0 radical (unpaired) electrons. The van der Waals surface area contributed by atoms with E-state index in [1.54, 1.807) is 5.57 Å². The molecule has 3 saturated carbocycles. The Hall–Kier alpha value is -0.340. The molecular formula is C24H40O2. The van der Waals surface area contributed by atoms with Gasteiger partial charge in [0, 0.05) is 0 Å². The summed E-state index contributed by atoms with van der Waals surface area (Å²) in [5.41, 5.74) is 1.73. The number of aliphatic hydroxyl groups excluding tert-OH is 1. The van der Waals surface area contributed by atoms with Crippen molar-refractivity contribution in [2.75, 3.05) is 0 Å². The molecule has 26 heavy (non-hydrogen) atoms. The van der Waals surface area contributed by atoms with Crippen LogP contribution in [0.5, 0.6) is 0 Å². The van der Waals surface area contributed by atoms with Crippen LogP contribution in [0.1, 0.15) is 86.0 Å². The van der Waals surface area contributed by atoms with Crippen molar-refractivity contribution in [1.29, 1.82) is 0 Å². The first-order valence-corrected chi connectivity index (χ1v) is 11.2. The third kappa shape index (κ3) is 2.65. The van der Waals surface area contributed by atoms with E-state index in [2.05, 4.69) is 26.8 Å². The van der Waals surface area contributed by atoms with Crippen LogP contribution in [-0.4, -0.2) is 21.9 Å². The van der Waals surface area contributed by atoms with Gasteiger partial charge in [-0.2, -0.15) is 0 Å². The maximum atomic E-state index is 10.7. The van der Waals surface area contributed by atoms with E-state index in [1.165, 1.54) is 38.5 Å². The fraction of sp³-hybridized carbons (Fsp3) is 0.917. The summed E-state index contributed by atoms with van der Waals surface area (Å²) in [5, 5.41) is 20.8. The fourth-order valence-corrected chi connectivity index (χ4v) is 8.00. The Morgan fingerprint density at radius 1 is 1.08 bits per heavy atom. The lowest BCUT2D eigenvalue weighted by Crippen LogP contribution is -2.51. The summed E-state index contributed by atoms with van der Waals surface area (Å²) in [6.07, 6.45) is 12.0. The molecule has 0 aromatic heterocycles. The van der Waals surface area contributed by atoms with Crippen LogP contribution in [0.4, 0.5) is 0 Å². The summed E-state index contributed by atoms with van der Waals surface area (Å²) in [4.78, 5) is 0. The van der Waals surface area contributed by atoms with E-state index in [0.29, 0.717) is 22.7 Å². The Kier molecular flexibility index (Phi) is 4.44. The molecule has 148 valence electrons. The molecule has 2 N–H and O–H groups in total. The molecule has 0 aromatic rings. The number of aliphatic hydroxyl groups is 2. The Labute approximate surface area is 160 Å². The highest BCUT2D eigenvalue weighted by atomic mass is 16.3. The summed E-state index contributed by atoms with van der Waals surface area (Å²) in [6, 6.07) is 0. The largest absolute Gasteiger partial charge is 0.393 e. The van der Waals surface area contributed by atoms with Gasteiger partial charge in [-0.1, -0.05) is 32.4 Å². The molecule has 4 aliphatic carbocycles. The molecule has 8 atom stereocenters. The number of hydrogen-bond acceptors (Lipinski definition) is 2. The molecule has 0 amide bonds. The van der Waals surface area contributed by atoms with Crippen molar-refractivity contribution >= 4 is 0 Å². The lowest BCUT2D eigenvalue weighted by atomic mass is 9.46. The number of hydrogen-bond donors (Lipinski definition) is 2. The van der Waals surface area contributed by atoms with Crippen molar-refractivity contribution < 1.29 is 10.2 Å². The van der Waals surface area contributed by atoms with Gasteiger partial charge in [-0.25, -0.2) is 0 Å².